The molecule has 1 amide bonds. The lowest BCUT2D eigenvalue weighted by molar-refractivity contribution is -0.483. The average Bonchev–Trinajstić information content (AvgIpc) is 3.41. The number of amidine groups is 1. The van der Waals surface area contributed by atoms with Crippen molar-refractivity contribution in [3.8, 4) is 0 Å². The van der Waals surface area contributed by atoms with E-state index in [-0.39, 0.29) is 18.0 Å². The van der Waals surface area contributed by atoms with E-state index in [9.17, 15) is 4.79 Å². The number of rotatable bonds is 5. The number of nitrogens with two attached hydrogens (primary N) is 1. The number of hydrogen-bond acceptors (Lipinski definition) is 4. The van der Waals surface area contributed by atoms with Crippen molar-refractivity contribution in [3.05, 3.63) is 89.4 Å². The second-order valence-corrected chi connectivity index (χ2v) is 8.08. The van der Waals surface area contributed by atoms with Gasteiger partial charge in [-0.05, 0) is 41.8 Å². The van der Waals surface area contributed by atoms with Crippen LogP contribution in [0.15, 0.2) is 76.3 Å². The summed E-state index contributed by atoms with van der Waals surface area (Å²) in [6, 6.07) is 19.0. The molecule has 6 heteroatoms. The highest BCUT2D eigenvalue weighted by Crippen LogP contribution is 2.31. The van der Waals surface area contributed by atoms with Crippen LogP contribution < -0.4 is 10.7 Å². The molecule has 0 radical (unpaired) electrons. The third-order valence-electron chi connectivity index (χ3n) is 6.10. The van der Waals surface area contributed by atoms with E-state index in [0.29, 0.717) is 6.42 Å². The normalized spacial score (nSPS) is 22.5. The van der Waals surface area contributed by atoms with Crippen LogP contribution in [0.5, 0.6) is 0 Å². The molecule has 0 spiro atoms. The number of fused-ring (bicyclic) bond motifs is 1. The molecule has 0 saturated heterocycles. The lowest BCUT2D eigenvalue weighted by atomic mass is 9.95. The number of carbonyl (C=O) groups excluding carboxylic acids is 1. The molecule has 2 aromatic carbocycles. The Balaban J connectivity index is 1.53. The Labute approximate surface area is 181 Å². The first-order chi connectivity index (χ1) is 15.1. The number of amides is 1. The van der Waals surface area contributed by atoms with Gasteiger partial charge in [-0.15, -0.1) is 0 Å². The molecule has 2 aliphatic heterocycles. The zero-order chi connectivity index (χ0) is 21.4. The number of aliphatic imine (C=N–C) groups is 1. The first-order valence-electron chi connectivity index (χ1n) is 10.5. The van der Waals surface area contributed by atoms with Crippen molar-refractivity contribution in [2.75, 3.05) is 5.73 Å². The predicted octanol–water partition coefficient (Wildman–Crippen LogP) is 1.84. The number of anilines is 1. The van der Waals surface area contributed by atoms with Crippen LogP contribution >= 0.6 is 0 Å². The second-order valence-electron chi connectivity index (χ2n) is 8.08. The Bertz CT molecular complexity index is 1150. The van der Waals surface area contributed by atoms with E-state index in [1.165, 1.54) is 5.56 Å². The van der Waals surface area contributed by atoms with Crippen LogP contribution in [0.2, 0.25) is 0 Å². The van der Waals surface area contributed by atoms with Gasteiger partial charge in [0.05, 0.1) is 6.26 Å². The van der Waals surface area contributed by atoms with E-state index in [0.717, 1.165) is 34.8 Å². The molecule has 31 heavy (non-hydrogen) atoms. The van der Waals surface area contributed by atoms with Crippen molar-refractivity contribution in [1.29, 1.82) is 0 Å². The number of hydrogen-bond donors (Lipinski definition) is 2. The minimum absolute atomic E-state index is 0.00552. The Morgan fingerprint density at radius 1 is 1.06 bits per heavy atom. The minimum Gasteiger partial charge on any atom is -0.469 e. The highest BCUT2D eigenvalue weighted by molar-refractivity contribution is 6.10. The van der Waals surface area contributed by atoms with Crippen LogP contribution in [0.1, 0.15) is 28.5 Å². The van der Waals surface area contributed by atoms with Crippen molar-refractivity contribution in [2.45, 2.75) is 37.9 Å². The Kier molecular flexibility index (Phi) is 4.90. The largest absolute Gasteiger partial charge is 0.469 e. The van der Waals surface area contributed by atoms with E-state index in [2.05, 4.69) is 17.1 Å². The maximum absolute atomic E-state index is 13.5. The highest BCUT2D eigenvalue weighted by atomic mass is 16.3. The molecule has 3 atom stereocenters. The van der Waals surface area contributed by atoms with Gasteiger partial charge >= 0.3 is 0 Å². The molecule has 6 nitrogen and oxygen atoms in total. The lowest BCUT2D eigenvalue weighted by Gasteiger charge is -2.30. The van der Waals surface area contributed by atoms with Crippen molar-refractivity contribution in [1.82, 2.24) is 4.90 Å². The monoisotopic (exact) mass is 413 g/mol. The fraction of sp³-hybridized carbons (Fsp3) is 0.240. The summed E-state index contributed by atoms with van der Waals surface area (Å²) in [5.74, 6) is 1.53. The van der Waals surface area contributed by atoms with Crippen LogP contribution in [-0.2, 0) is 17.6 Å². The fourth-order valence-corrected chi connectivity index (χ4v) is 4.42. The van der Waals surface area contributed by atoms with E-state index in [1.807, 2.05) is 66.6 Å². The lowest BCUT2D eigenvalue weighted by Crippen LogP contribution is -2.85. The van der Waals surface area contributed by atoms with E-state index >= 15 is 0 Å². The van der Waals surface area contributed by atoms with Gasteiger partial charge < -0.3 is 10.2 Å². The van der Waals surface area contributed by atoms with Gasteiger partial charge in [0.2, 0.25) is 6.04 Å². The van der Waals surface area contributed by atoms with E-state index in [4.69, 9.17) is 15.1 Å². The Hall–Kier alpha value is -3.67. The first kappa shape index (κ1) is 19.3. The summed E-state index contributed by atoms with van der Waals surface area (Å²) in [6.45, 7) is 1.99. The molecule has 156 valence electrons. The highest BCUT2D eigenvalue weighted by Gasteiger charge is 2.47. The Morgan fingerprint density at radius 3 is 2.68 bits per heavy atom. The van der Waals surface area contributed by atoms with Gasteiger partial charge in [-0.25, -0.2) is 4.99 Å². The average molecular weight is 414 g/mol. The molecule has 3 N–H and O–H groups in total. The molecule has 0 aliphatic carbocycles. The molecule has 2 aliphatic rings. The maximum Gasteiger partial charge on any atom is 0.254 e. The van der Waals surface area contributed by atoms with E-state index < -0.39 is 6.04 Å². The summed E-state index contributed by atoms with van der Waals surface area (Å²) in [5, 5.41) is 0. The molecular formula is C25H25N4O2+. The number of furan rings is 1. The van der Waals surface area contributed by atoms with Gasteiger partial charge in [-0.1, -0.05) is 42.5 Å². The van der Waals surface area contributed by atoms with Crippen LogP contribution in [0, 0.1) is 6.92 Å². The topological polar surface area (TPSA) is 85.8 Å². The van der Waals surface area contributed by atoms with Gasteiger partial charge in [-0.2, -0.15) is 0 Å². The minimum atomic E-state index is -0.489. The van der Waals surface area contributed by atoms with Gasteiger partial charge in [0, 0.05) is 18.5 Å². The molecule has 3 aromatic rings. The quantitative estimate of drug-likeness (QED) is 0.626. The molecule has 1 aromatic heterocycles. The maximum atomic E-state index is 13.5. The SMILES string of the molecule is Cc1c(N)cccc1C1C=[NH+]C(Cc2ccccc2)C2=NC(Cc3ccco3)C(=O)N21. The van der Waals surface area contributed by atoms with Crippen molar-refractivity contribution < 1.29 is 14.2 Å². The first-order valence-corrected chi connectivity index (χ1v) is 10.5. The molecule has 0 saturated carbocycles. The summed E-state index contributed by atoms with van der Waals surface area (Å²) < 4.78 is 5.49. The fourth-order valence-electron chi connectivity index (χ4n) is 4.42. The van der Waals surface area contributed by atoms with Gasteiger partial charge in [0.1, 0.15) is 17.8 Å². The number of carbonyl (C=O) groups is 1. The van der Waals surface area contributed by atoms with Crippen molar-refractivity contribution in [2.24, 2.45) is 4.99 Å². The predicted molar refractivity (Wildman–Crippen MR) is 120 cm³/mol. The number of nitrogens with one attached hydrogen (secondary N) is 1. The molecule has 5 rings (SSSR count). The van der Waals surface area contributed by atoms with Crippen LogP contribution in [0.25, 0.3) is 0 Å². The zero-order valence-corrected chi connectivity index (χ0v) is 17.4. The summed E-state index contributed by atoms with van der Waals surface area (Å²) >= 11 is 0. The van der Waals surface area contributed by atoms with Gasteiger partial charge in [0.25, 0.3) is 5.91 Å². The van der Waals surface area contributed by atoms with Crippen molar-refractivity contribution in [3.63, 3.8) is 0 Å². The summed E-state index contributed by atoms with van der Waals surface area (Å²) in [5.41, 5.74) is 10.1. The van der Waals surface area contributed by atoms with Crippen LogP contribution in [0.3, 0.4) is 0 Å². The van der Waals surface area contributed by atoms with E-state index in [1.54, 1.807) is 6.26 Å². The van der Waals surface area contributed by atoms with Gasteiger partial charge in [0.15, 0.2) is 12.1 Å². The van der Waals surface area contributed by atoms with Crippen molar-refractivity contribution >= 4 is 23.6 Å². The van der Waals surface area contributed by atoms with Crippen LogP contribution in [-0.4, -0.2) is 34.9 Å². The number of benzene rings is 2. The standard InChI is InChI=1S/C25H24N4O2/c1-16-19(10-5-11-20(16)26)23-15-27-21(13-17-7-3-2-4-8-17)24-28-22(25(30)29(23)24)14-18-9-6-12-31-18/h2-12,15,21-23H,13-14,26H2,1H3/p+1. The number of nitrogen functional groups attached to an aromatic ring is 1. The summed E-state index contributed by atoms with van der Waals surface area (Å²) in [7, 11) is 0. The summed E-state index contributed by atoms with van der Waals surface area (Å²) in [6.07, 6.45) is 4.83. The van der Waals surface area contributed by atoms with Crippen LogP contribution in [0.4, 0.5) is 5.69 Å². The Morgan fingerprint density at radius 2 is 1.90 bits per heavy atom. The molecule has 0 bridgehead atoms. The molecular weight excluding hydrogens is 388 g/mol. The van der Waals surface area contributed by atoms with Gasteiger partial charge in [-0.3, -0.25) is 14.7 Å². The third-order valence-corrected chi connectivity index (χ3v) is 6.10. The molecule has 3 heterocycles. The molecule has 3 unspecified atom stereocenters. The third kappa shape index (κ3) is 3.54. The zero-order valence-electron chi connectivity index (χ0n) is 17.4. The smallest absolute Gasteiger partial charge is 0.254 e. The summed E-state index contributed by atoms with van der Waals surface area (Å²) in [4.78, 5) is 23.8. The second kappa shape index (κ2) is 7.87. The number of nitrogens with zero attached hydrogens (tertiary/aromatic N) is 2. The molecule has 0 fully saturated rings.